The van der Waals surface area contributed by atoms with E-state index in [1.165, 1.54) is 7.11 Å². The quantitative estimate of drug-likeness (QED) is 0.550. The third-order valence-corrected chi connectivity index (χ3v) is 2.33. The van der Waals surface area contributed by atoms with Crippen LogP contribution in [0, 0.1) is 5.92 Å². The minimum atomic E-state index is -0.173. The van der Waals surface area contributed by atoms with Crippen molar-refractivity contribution in [1.29, 1.82) is 0 Å². The Kier molecular flexibility index (Phi) is 3.49. The molecule has 1 heterocycles. The van der Waals surface area contributed by atoms with E-state index in [0.717, 1.165) is 19.4 Å². The Hall–Kier alpha value is -0.610. The van der Waals surface area contributed by atoms with Crippen LogP contribution in [0.3, 0.4) is 0 Å². The average molecular weight is 172 g/mol. The molecule has 0 radical (unpaired) electrons. The summed E-state index contributed by atoms with van der Waals surface area (Å²) >= 11 is 0. The standard InChI is InChI=1S/C8H16N2O2/c1-12-8(11)7-4-6(5-9)2-3-10-7/h6-7,10H,2-5,9H2,1H3/t6-,7+/m1/s1. The van der Waals surface area contributed by atoms with Crippen LogP contribution >= 0.6 is 0 Å². The van der Waals surface area contributed by atoms with Gasteiger partial charge < -0.3 is 15.8 Å². The minimum absolute atomic E-state index is 0.141. The molecule has 0 bridgehead atoms. The molecular weight excluding hydrogens is 156 g/mol. The van der Waals surface area contributed by atoms with Gasteiger partial charge in [-0.15, -0.1) is 0 Å². The molecule has 1 aliphatic heterocycles. The molecule has 0 aliphatic carbocycles. The summed E-state index contributed by atoms with van der Waals surface area (Å²) in [6.07, 6.45) is 1.87. The number of methoxy groups -OCH3 is 1. The summed E-state index contributed by atoms with van der Waals surface area (Å²) in [5.41, 5.74) is 5.53. The van der Waals surface area contributed by atoms with E-state index in [-0.39, 0.29) is 12.0 Å². The van der Waals surface area contributed by atoms with Crippen LogP contribution in [0.2, 0.25) is 0 Å². The highest BCUT2D eigenvalue weighted by Crippen LogP contribution is 2.15. The highest BCUT2D eigenvalue weighted by Gasteiger charge is 2.26. The topological polar surface area (TPSA) is 64.3 Å². The lowest BCUT2D eigenvalue weighted by molar-refractivity contribution is -0.144. The third-order valence-electron chi connectivity index (χ3n) is 2.33. The van der Waals surface area contributed by atoms with Crippen molar-refractivity contribution < 1.29 is 9.53 Å². The number of hydrogen-bond donors (Lipinski definition) is 2. The van der Waals surface area contributed by atoms with Crippen LogP contribution in [0.15, 0.2) is 0 Å². The van der Waals surface area contributed by atoms with Gasteiger partial charge >= 0.3 is 5.97 Å². The lowest BCUT2D eigenvalue weighted by Gasteiger charge is -2.27. The van der Waals surface area contributed by atoms with Gasteiger partial charge in [-0.3, -0.25) is 4.79 Å². The maximum Gasteiger partial charge on any atom is 0.322 e. The molecule has 0 saturated carbocycles. The highest BCUT2D eigenvalue weighted by atomic mass is 16.5. The number of piperidine rings is 1. The van der Waals surface area contributed by atoms with Crippen molar-refractivity contribution in [2.24, 2.45) is 11.7 Å². The SMILES string of the molecule is COC(=O)[C@@H]1C[C@H](CN)CCN1. The first-order valence-corrected chi connectivity index (χ1v) is 4.29. The molecule has 0 aromatic carbocycles. The normalized spacial score (nSPS) is 29.8. The summed E-state index contributed by atoms with van der Waals surface area (Å²) in [6, 6.07) is -0.141. The molecule has 1 fully saturated rings. The molecule has 4 nitrogen and oxygen atoms in total. The van der Waals surface area contributed by atoms with Crippen LogP contribution in [0.4, 0.5) is 0 Å². The average Bonchev–Trinajstić information content (AvgIpc) is 2.17. The van der Waals surface area contributed by atoms with Crippen LogP contribution in [-0.2, 0) is 9.53 Å². The Labute approximate surface area is 72.5 Å². The molecule has 0 aromatic rings. The number of carbonyl (C=O) groups is 1. The fourth-order valence-electron chi connectivity index (χ4n) is 1.53. The number of nitrogens with two attached hydrogens (primary N) is 1. The number of nitrogens with one attached hydrogen (secondary N) is 1. The van der Waals surface area contributed by atoms with Gasteiger partial charge in [-0.25, -0.2) is 0 Å². The zero-order valence-corrected chi connectivity index (χ0v) is 7.38. The van der Waals surface area contributed by atoms with Gasteiger partial charge in [0.1, 0.15) is 6.04 Å². The largest absolute Gasteiger partial charge is 0.468 e. The van der Waals surface area contributed by atoms with Gasteiger partial charge in [-0.2, -0.15) is 0 Å². The van der Waals surface area contributed by atoms with E-state index in [0.29, 0.717) is 12.5 Å². The lowest BCUT2D eigenvalue weighted by atomic mass is 9.93. The molecule has 1 saturated heterocycles. The van der Waals surface area contributed by atoms with Crippen molar-refractivity contribution in [3.8, 4) is 0 Å². The van der Waals surface area contributed by atoms with Gasteiger partial charge in [-0.05, 0) is 31.8 Å². The van der Waals surface area contributed by atoms with Crippen LogP contribution in [0.5, 0.6) is 0 Å². The third kappa shape index (κ3) is 2.19. The maximum absolute atomic E-state index is 11.1. The fraction of sp³-hybridized carbons (Fsp3) is 0.875. The number of carbonyl (C=O) groups excluding carboxylic acids is 1. The summed E-state index contributed by atoms with van der Waals surface area (Å²) in [5.74, 6) is 0.295. The zero-order chi connectivity index (χ0) is 8.97. The maximum atomic E-state index is 11.1. The van der Waals surface area contributed by atoms with Gasteiger partial charge in [0, 0.05) is 0 Å². The summed E-state index contributed by atoms with van der Waals surface area (Å²) < 4.78 is 4.64. The van der Waals surface area contributed by atoms with E-state index in [2.05, 4.69) is 10.1 Å². The Morgan fingerprint density at radius 1 is 1.75 bits per heavy atom. The van der Waals surface area contributed by atoms with Gasteiger partial charge in [0.05, 0.1) is 7.11 Å². The van der Waals surface area contributed by atoms with Crippen LogP contribution in [-0.4, -0.2) is 32.2 Å². The number of rotatable bonds is 2. The van der Waals surface area contributed by atoms with E-state index in [4.69, 9.17) is 5.73 Å². The van der Waals surface area contributed by atoms with Gasteiger partial charge in [-0.1, -0.05) is 0 Å². The first kappa shape index (κ1) is 9.48. The van der Waals surface area contributed by atoms with Crippen LogP contribution in [0.25, 0.3) is 0 Å². The fourth-order valence-corrected chi connectivity index (χ4v) is 1.53. The summed E-state index contributed by atoms with van der Waals surface area (Å²) in [5, 5.41) is 3.10. The van der Waals surface area contributed by atoms with Crippen LogP contribution < -0.4 is 11.1 Å². The van der Waals surface area contributed by atoms with E-state index in [1.54, 1.807) is 0 Å². The van der Waals surface area contributed by atoms with E-state index in [1.807, 2.05) is 0 Å². The molecule has 0 spiro atoms. The minimum Gasteiger partial charge on any atom is -0.468 e. The van der Waals surface area contributed by atoms with Crippen molar-refractivity contribution >= 4 is 5.97 Å². The monoisotopic (exact) mass is 172 g/mol. The smallest absolute Gasteiger partial charge is 0.322 e. The zero-order valence-electron chi connectivity index (χ0n) is 7.38. The molecule has 3 N–H and O–H groups in total. The van der Waals surface area contributed by atoms with Gasteiger partial charge in [0.2, 0.25) is 0 Å². The molecule has 12 heavy (non-hydrogen) atoms. The van der Waals surface area contributed by atoms with Crippen molar-refractivity contribution in [2.45, 2.75) is 18.9 Å². The molecule has 1 aliphatic rings. The summed E-state index contributed by atoms with van der Waals surface area (Å²) in [7, 11) is 1.41. The molecule has 0 aromatic heterocycles. The summed E-state index contributed by atoms with van der Waals surface area (Å²) in [4.78, 5) is 11.1. The molecule has 70 valence electrons. The Morgan fingerprint density at radius 2 is 2.50 bits per heavy atom. The van der Waals surface area contributed by atoms with Crippen molar-refractivity contribution in [2.75, 3.05) is 20.2 Å². The van der Waals surface area contributed by atoms with Crippen molar-refractivity contribution in [3.63, 3.8) is 0 Å². The Balaban J connectivity index is 2.40. The first-order valence-electron chi connectivity index (χ1n) is 4.29. The van der Waals surface area contributed by atoms with Gasteiger partial charge in [0.25, 0.3) is 0 Å². The molecule has 4 heteroatoms. The predicted octanol–water partition coefficient (Wildman–Crippen LogP) is -0.514. The number of ether oxygens (including phenoxy) is 1. The second-order valence-electron chi connectivity index (χ2n) is 3.16. The van der Waals surface area contributed by atoms with Crippen molar-refractivity contribution in [1.82, 2.24) is 5.32 Å². The molecule has 2 atom stereocenters. The van der Waals surface area contributed by atoms with Crippen molar-refractivity contribution in [3.05, 3.63) is 0 Å². The molecule has 0 amide bonds. The van der Waals surface area contributed by atoms with Gasteiger partial charge in [0.15, 0.2) is 0 Å². The van der Waals surface area contributed by atoms with E-state index in [9.17, 15) is 4.79 Å². The molecular formula is C8H16N2O2. The molecule has 0 unspecified atom stereocenters. The van der Waals surface area contributed by atoms with E-state index >= 15 is 0 Å². The number of hydrogen-bond acceptors (Lipinski definition) is 4. The van der Waals surface area contributed by atoms with Crippen LogP contribution in [0.1, 0.15) is 12.8 Å². The number of esters is 1. The van der Waals surface area contributed by atoms with E-state index < -0.39 is 0 Å². The summed E-state index contributed by atoms with van der Waals surface area (Å²) in [6.45, 7) is 1.52. The Bertz CT molecular complexity index is 161. The molecule has 1 rings (SSSR count). The lowest BCUT2D eigenvalue weighted by Crippen LogP contribution is -2.45. The predicted molar refractivity (Wildman–Crippen MR) is 45.6 cm³/mol. The second-order valence-corrected chi connectivity index (χ2v) is 3.16. The Morgan fingerprint density at radius 3 is 3.08 bits per heavy atom. The first-order chi connectivity index (χ1) is 5.77. The highest BCUT2D eigenvalue weighted by molar-refractivity contribution is 5.75. The second kappa shape index (κ2) is 4.42.